The number of hydrogen-bond acceptors (Lipinski definition) is 4. The highest BCUT2D eigenvalue weighted by Gasteiger charge is 2.36. The monoisotopic (exact) mass is 235 g/mol. The molecule has 1 heterocycles. The van der Waals surface area contributed by atoms with Crippen molar-refractivity contribution in [1.29, 1.82) is 0 Å². The number of ether oxygens (including phenoxy) is 1. The van der Waals surface area contributed by atoms with Gasteiger partial charge in [0, 0.05) is 19.3 Å². The molecule has 1 fully saturated rings. The molecule has 1 aliphatic rings. The maximum atomic E-state index is 5.75. The van der Waals surface area contributed by atoms with E-state index in [9.17, 15) is 0 Å². The Morgan fingerprint density at radius 1 is 1.29 bits per heavy atom. The van der Waals surface area contributed by atoms with E-state index in [0.717, 1.165) is 30.1 Å². The quantitative estimate of drug-likeness (QED) is 0.871. The van der Waals surface area contributed by atoms with Crippen molar-refractivity contribution in [2.45, 2.75) is 51.2 Å². The van der Waals surface area contributed by atoms with Crippen LogP contribution in [0.4, 0.5) is 0 Å². The average molecular weight is 235 g/mol. The summed E-state index contributed by atoms with van der Waals surface area (Å²) in [4.78, 5) is 9.11. The minimum Gasteiger partial charge on any atom is -0.370 e. The number of hydrogen-bond donors (Lipinski definition) is 1. The summed E-state index contributed by atoms with van der Waals surface area (Å²) < 4.78 is 5.75. The molecule has 94 valence electrons. The summed E-state index contributed by atoms with van der Waals surface area (Å²) >= 11 is 0. The Bertz CT molecular complexity index is 386. The van der Waals surface area contributed by atoms with Crippen molar-refractivity contribution in [3.8, 4) is 0 Å². The summed E-state index contributed by atoms with van der Waals surface area (Å²) in [6.07, 6.45) is 5.67. The van der Waals surface area contributed by atoms with Crippen LogP contribution in [0.2, 0.25) is 0 Å². The van der Waals surface area contributed by atoms with Gasteiger partial charge < -0.3 is 10.5 Å². The molecular weight excluding hydrogens is 214 g/mol. The number of methoxy groups -OCH3 is 1. The lowest BCUT2D eigenvalue weighted by Gasteiger charge is -2.34. The molecule has 17 heavy (non-hydrogen) atoms. The van der Waals surface area contributed by atoms with Gasteiger partial charge in [0.25, 0.3) is 0 Å². The highest BCUT2D eigenvalue weighted by atomic mass is 16.5. The van der Waals surface area contributed by atoms with Gasteiger partial charge in [0.1, 0.15) is 5.60 Å². The zero-order chi connectivity index (χ0) is 12.3. The normalized spacial score (nSPS) is 19.2. The van der Waals surface area contributed by atoms with Crippen LogP contribution in [0.5, 0.6) is 0 Å². The van der Waals surface area contributed by atoms with Gasteiger partial charge in [0.2, 0.25) is 0 Å². The summed E-state index contributed by atoms with van der Waals surface area (Å²) in [6, 6.07) is 1.94. The fraction of sp³-hybridized carbons (Fsp3) is 0.692. The Balaban J connectivity index is 2.38. The molecule has 0 bridgehead atoms. The first kappa shape index (κ1) is 12.5. The lowest BCUT2D eigenvalue weighted by atomic mass is 9.84. The second kappa shape index (κ2) is 5.10. The van der Waals surface area contributed by atoms with Crippen LogP contribution in [0.15, 0.2) is 6.07 Å². The van der Waals surface area contributed by atoms with E-state index in [2.05, 4.69) is 9.97 Å². The zero-order valence-corrected chi connectivity index (χ0v) is 10.7. The molecule has 0 amide bonds. The van der Waals surface area contributed by atoms with E-state index in [-0.39, 0.29) is 5.60 Å². The number of aryl methyl sites for hydroxylation is 1. The first-order chi connectivity index (χ1) is 8.20. The summed E-state index contributed by atoms with van der Waals surface area (Å²) in [5.41, 5.74) is 7.25. The van der Waals surface area contributed by atoms with Crippen LogP contribution in [-0.2, 0) is 16.9 Å². The molecule has 0 saturated heterocycles. The maximum Gasteiger partial charge on any atom is 0.160 e. The summed E-state index contributed by atoms with van der Waals surface area (Å²) in [5.74, 6) is 0.820. The van der Waals surface area contributed by atoms with E-state index in [1.807, 2.05) is 13.0 Å². The molecular formula is C13H21N3O. The fourth-order valence-corrected chi connectivity index (χ4v) is 2.58. The van der Waals surface area contributed by atoms with Gasteiger partial charge in [-0.05, 0) is 25.8 Å². The molecule has 4 heteroatoms. The van der Waals surface area contributed by atoms with Crippen molar-refractivity contribution in [2.24, 2.45) is 5.73 Å². The summed E-state index contributed by atoms with van der Waals surface area (Å²) in [5, 5.41) is 0. The van der Waals surface area contributed by atoms with E-state index < -0.39 is 0 Å². The molecule has 2 rings (SSSR count). The Morgan fingerprint density at radius 2 is 2.00 bits per heavy atom. The van der Waals surface area contributed by atoms with Crippen LogP contribution in [0.25, 0.3) is 0 Å². The van der Waals surface area contributed by atoms with Crippen LogP contribution < -0.4 is 5.73 Å². The third-order valence-corrected chi connectivity index (χ3v) is 3.58. The molecule has 0 spiro atoms. The Morgan fingerprint density at radius 3 is 2.59 bits per heavy atom. The third-order valence-electron chi connectivity index (χ3n) is 3.58. The van der Waals surface area contributed by atoms with Crippen molar-refractivity contribution in [1.82, 2.24) is 9.97 Å². The molecule has 1 aromatic rings. The van der Waals surface area contributed by atoms with Crippen LogP contribution in [0.1, 0.15) is 49.3 Å². The molecule has 0 radical (unpaired) electrons. The second-order valence-electron chi connectivity index (χ2n) is 4.79. The second-order valence-corrected chi connectivity index (χ2v) is 4.79. The molecule has 2 N–H and O–H groups in total. The number of rotatable bonds is 3. The molecule has 1 saturated carbocycles. The largest absolute Gasteiger partial charge is 0.370 e. The van der Waals surface area contributed by atoms with Gasteiger partial charge in [-0.3, -0.25) is 0 Å². The molecule has 0 aromatic carbocycles. The van der Waals surface area contributed by atoms with Gasteiger partial charge in [0.15, 0.2) is 5.82 Å². The molecule has 1 aromatic heterocycles. The van der Waals surface area contributed by atoms with Crippen molar-refractivity contribution in [2.75, 3.05) is 7.11 Å². The molecule has 0 atom stereocenters. The van der Waals surface area contributed by atoms with Gasteiger partial charge in [-0.25, -0.2) is 9.97 Å². The van der Waals surface area contributed by atoms with Gasteiger partial charge in [0.05, 0.1) is 5.69 Å². The topological polar surface area (TPSA) is 61.0 Å². The van der Waals surface area contributed by atoms with Crippen molar-refractivity contribution >= 4 is 0 Å². The van der Waals surface area contributed by atoms with Crippen molar-refractivity contribution in [3.63, 3.8) is 0 Å². The predicted molar refractivity (Wildman–Crippen MR) is 66.4 cm³/mol. The maximum absolute atomic E-state index is 5.75. The van der Waals surface area contributed by atoms with E-state index in [0.29, 0.717) is 6.54 Å². The van der Waals surface area contributed by atoms with Crippen molar-refractivity contribution in [3.05, 3.63) is 23.3 Å². The smallest absolute Gasteiger partial charge is 0.160 e. The van der Waals surface area contributed by atoms with Crippen molar-refractivity contribution < 1.29 is 4.74 Å². The first-order valence-electron chi connectivity index (χ1n) is 6.30. The molecule has 0 aliphatic heterocycles. The van der Waals surface area contributed by atoms with E-state index in [1.54, 1.807) is 7.11 Å². The van der Waals surface area contributed by atoms with E-state index in [4.69, 9.17) is 10.5 Å². The number of nitrogens with two attached hydrogens (primary N) is 1. The van der Waals surface area contributed by atoms with Gasteiger partial charge >= 0.3 is 0 Å². The first-order valence-corrected chi connectivity index (χ1v) is 6.30. The Labute approximate surface area is 103 Å². The highest BCUT2D eigenvalue weighted by molar-refractivity contribution is 5.14. The van der Waals surface area contributed by atoms with Crippen LogP contribution >= 0.6 is 0 Å². The standard InChI is InChI=1S/C13H21N3O/c1-10-8-11(9-14)16-12(15-10)13(17-2)6-4-3-5-7-13/h8H,3-7,9,14H2,1-2H3. The van der Waals surface area contributed by atoms with Gasteiger partial charge in [-0.15, -0.1) is 0 Å². The van der Waals surface area contributed by atoms with Gasteiger partial charge in [-0.2, -0.15) is 0 Å². The SMILES string of the molecule is COC1(c2nc(C)cc(CN)n2)CCCCC1. The zero-order valence-electron chi connectivity index (χ0n) is 10.7. The fourth-order valence-electron chi connectivity index (χ4n) is 2.58. The summed E-state index contributed by atoms with van der Waals surface area (Å²) in [6.45, 7) is 2.44. The predicted octanol–water partition coefficient (Wildman–Crippen LogP) is 2.05. The van der Waals surface area contributed by atoms with E-state index in [1.165, 1.54) is 19.3 Å². The molecule has 4 nitrogen and oxygen atoms in total. The number of nitrogens with zero attached hydrogens (tertiary/aromatic N) is 2. The minimum absolute atomic E-state index is 0.284. The lowest BCUT2D eigenvalue weighted by Crippen LogP contribution is -2.34. The Hall–Kier alpha value is -1.00. The van der Waals surface area contributed by atoms with Crippen LogP contribution in [0, 0.1) is 6.92 Å². The molecule has 0 unspecified atom stereocenters. The highest BCUT2D eigenvalue weighted by Crippen LogP contribution is 2.38. The number of aromatic nitrogens is 2. The molecule has 1 aliphatic carbocycles. The summed E-state index contributed by atoms with van der Waals surface area (Å²) in [7, 11) is 1.76. The van der Waals surface area contributed by atoms with Crippen LogP contribution in [0.3, 0.4) is 0 Å². The Kier molecular flexibility index (Phi) is 3.74. The van der Waals surface area contributed by atoms with E-state index >= 15 is 0 Å². The van der Waals surface area contributed by atoms with Crippen LogP contribution in [-0.4, -0.2) is 17.1 Å². The lowest BCUT2D eigenvalue weighted by molar-refractivity contribution is -0.0517. The minimum atomic E-state index is -0.284. The third kappa shape index (κ3) is 2.48. The van der Waals surface area contributed by atoms with Gasteiger partial charge in [-0.1, -0.05) is 19.3 Å². The average Bonchev–Trinajstić information content (AvgIpc) is 2.38.